The van der Waals surface area contributed by atoms with E-state index >= 15 is 0 Å². The molecule has 2 aliphatic rings. The van der Waals surface area contributed by atoms with E-state index in [-0.39, 0.29) is 31.1 Å². The molecule has 0 radical (unpaired) electrons. The van der Waals surface area contributed by atoms with Crippen molar-refractivity contribution in [2.75, 3.05) is 38.3 Å². The minimum absolute atomic E-state index is 0. The Morgan fingerprint density at radius 1 is 1.22 bits per heavy atom. The highest BCUT2D eigenvalue weighted by atomic mass is 35.5. The molecule has 2 aliphatic heterocycles. The molecule has 0 bridgehead atoms. The van der Waals surface area contributed by atoms with Gasteiger partial charge < -0.3 is 20.1 Å². The molecule has 1 atom stereocenters. The number of nitrogens with one attached hydrogen (secondary N) is 2. The first-order chi connectivity index (χ1) is 12.7. The maximum atomic E-state index is 12.6. The fourth-order valence-corrected chi connectivity index (χ4v) is 3.54. The van der Waals surface area contributed by atoms with Crippen molar-refractivity contribution >= 4 is 35.6 Å². The third kappa shape index (κ3) is 4.65. The Morgan fingerprint density at radius 3 is 2.93 bits per heavy atom. The maximum Gasteiger partial charge on any atom is 0.238 e. The predicted molar refractivity (Wildman–Crippen MR) is 107 cm³/mol. The van der Waals surface area contributed by atoms with Gasteiger partial charge in [-0.2, -0.15) is 0 Å². The standard InChI is InChI=1S/C19H20ClN3O3.ClH/c20-14-3-1-2-13(8-14)16-10-21-6-7-23(16)11-19(24)22-15-4-5-17-18(9-15)26-12-25-17;/h1-5,8-9,16,21H,6-7,10-12H2,(H,22,24);1H. The number of nitrogens with zero attached hydrogens (tertiary/aromatic N) is 1. The molecule has 6 nitrogen and oxygen atoms in total. The number of carbonyl (C=O) groups is 1. The van der Waals surface area contributed by atoms with Crippen LogP contribution in [0, 0.1) is 0 Å². The van der Waals surface area contributed by atoms with Crippen LogP contribution in [0.2, 0.25) is 5.02 Å². The molecule has 27 heavy (non-hydrogen) atoms. The number of fused-ring (bicyclic) bond motifs is 1. The van der Waals surface area contributed by atoms with E-state index < -0.39 is 0 Å². The fraction of sp³-hybridized carbons (Fsp3) is 0.316. The first-order valence-electron chi connectivity index (χ1n) is 8.59. The molecule has 1 saturated heterocycles. The SMILES string of the molecule is Cl.O=C(CN1CCNCC1c1cccc(Cl)c1)Nc1ccc2c(c1)OCO2. The number of hydrogen-bond donors (Lipinski definition) is 2. The van der Waals surface area contributed by atoms with E-state index in [4.69, 9.17) is 21.1 Å². The number of carbonyl (C=O) groups excluding carboxylic acids is 1. The molecule has 2 aromatic carbocycles. The minimum Gasteiger partial charge on any atom is -0.454 e. The number of amides is 1. The van der Waals surface area contributed by atoms with E-state index in [0.717, 1.165) is 25.2 Å². The van der Waals surface area contributed by atoms with E-state index in [1.165, 1.54) is 0 Å². The summed E-state index contributed by atoms with van der Waals surface area (Å²) >= 11 is 6.13. The summed E-state index contributed by atoms with van der Waals surface area (Å²) in [6.07, 6.45) is 0. The molecular formula is C19H21Cl2N3O3. The molecule has 2 N–H and O–H groups in total. The summed E-state index contributed by atoms with van der Waals surface area (Å²) in [4.78, 5) is 14.7. The number of rotatable bonds is 4. The summed E-state index contributed by atoms with van der Waals surface area (Å²) in [6, 6.07) is 13.3. The largest absolute Gasteiger partial charge is 0.454 e. The lowest BCUT2D eigenvalue weighted by molar-refractivity contribution is -0.118. The zero-order valence-electron chi connectivity index (χ0n) is 14.6. The molecule has 0 spiro atoms. The van der Waals surface area contributed by atoms with Gasteiger partial charge in [0.15, 0.2) is 11.5 Å². The van der Waals surface area contributed by atoms with Crippen LogP contribution in [0.4, 0.5) is 5.69 Å². The lowest BCUT2D eigenvalue weighted by atomic mass is 10.0. The number of anilines is 1. The van der Waals surface area contributed by atoms with Crippen molar-refractivity contribution in [1.29, 1.82) is 0 Å². The van der Waals surface area contributed by atoms with Gasteiger partial charge in [0, 0.05) is 42.5 Å². The Labute approximate surface area is 169 Å². The van der Waals surface area contributed by atoms with Crippen LogP contribution in [0.3, 0.4) is 0 Å². The van der Waals surface area contributed by atoms with Crippen molar-refractivity contribution in [3.8, 4) is 11.5 Å². The molecule has 0 saturated carbocycles. The summed E-state index contributed by atoms with van der Waals surface area (Å²) in [5, 5.41) is 7.03. The predicted octanol–water partition coefficient (Wildman–Crippen LogP) is 3.08. The molecule has 0 aromatic heterocycles. The Morgan fingerprint density at radius 2 is 2.07 bits per heavy atom. The number of hydrogen-bond acceptors (Lipinski definition) is 5. The second-order valence-electron chi connectivity index (χ2n) is 6.36. The molecule has 144 valence electrons. The number of piperazine rings is 1. The second kappa shape index (κ2) is 8.80. The van der Waals surface area contributed by atoms with Crippen LogP contribution in [0.25, 0.3) is 0 Å². The average Bonchev–Trinajstić information content (AvgIpc) is 3.10. The van der Waals surface area contributed by atoms with Crippen molar-refractivity contribution in [3.63, 3.8) is 0 Å². The van der Waals surface area contributed by atoms with Gasteiger partial charge in [0.05, 0.1) is 6.54 Å². The summed E-state index contributed by atoms with van der Waals surface area (Å²) < 4.78 is 10.6. The molecule has 4 rings (SSSR count). The highest BCUT2D eigenvalue weighted by molar-refractivity contribution is 6.30. The van der Waals surface area contributed by atoms with Gasteiger partial charge in [-0.3, -0.25) is 9.69 Å². The smallest absolute Gasteiger partial charge is 0.238 e. The van der Waals surface area contributed by atoms with Crippen molar-refractivity contribution in [2.45, 2.75) is 6.04 Å². The van der Waals surface area contributed by atoms with Crippen molar-refractivity contribution in [3.05, 3.63) is 53.1 Å². The molecule has 1 fully saturated rings. The average molecular weight is 410 g/mol. The first-order valence-corrected chi connectivity index (χ1v) is 8.96. The quantitative estimate of drug-likeness (QED) is 0.812. The number of benzene rings is 2. The maximum absolute atomic E-state index is 12.6. The highest BCUT2D eigenvalue weighted by Gasteiger charge is 2.26. The summed E-state index contributed by atoms with van der Waals surface area (Å²) in [6.45, 7) is 2.97. The summed E-state index contributed by atoms with van der Waals surface area (Å²) in [5.41, 5.74) is 1.81. The molecule has 0 aliphatic carbocycles. The van der Waals surface area contributed by atoms with Gasteiger partial charge in [-0.25, -0.2) is 0 Å². The lowest BCUT2D eigenvalue weighted by Crippen LogP contribution is -2.48. The van der Waals surface area contributed by atoms with Gasteiger partial charge in [0.2, 0.25) is 12.7 Å². The van der Waals surface area contributed by atoms with Crippen LogP contribution in [-0.4, -0.2) is 43.8 Å². The zero-order chi connectivity index (χ0) is 17.9. The number of halogens is 2. The first kappa shape index (κ1) is 19.8. The van der Waals surface area contributed by atoms with E-state index in [0.29, 0.717) is 28.8 Å². The highest BCUT2D eigenvalue weighted by Crippen LogP contribution is 2.34. The third-order valence-electron chi connectivity index (χ3n) is 4.59. The van der Waals surface area contributed by atoms with Crippen LogP contribution in [-0.2, 0) is 4.79 Å². The van der Waals surface area contributed by atoms with Gasteiger partial charge in [0.1, 0.15) is 0 Å². The summed E-state index contributed by atoms with van der Waals surface area (Å²) in [7, 11) is 0. The fourth-order valence-electron chi connectivity index (χ4n) is 3.34. The topological polar surface area (TPSA) is 62.8 Å². The third-order valence-corrected chi connectivity index (χ3v) is 4.83. The Bertz CT molecular complexity index is 819. The zero-order valence-corrected chi connectivity index (χ0v) is 16.2. The van der Waals surface area contributed by atoms with Crippen LogP contribution in [0.5, 0.6) is 11.5 Å². The van der Waals surface area contributed by atoms with E-state index in [2.05, 4.69) is 15.5 Å². The normalized spacial score (nSPS) is 18.6. The van der Waals surface area contributed by atoms with Gasteiger partial charge in [-0.05, 0) is 29.8 Å². The Kier molecular flexibility index (Phi) is 6.44. The van der Waals surface area contributed by atoms with Crippen LogP contribution in [0.1, 0.15) is 11.6 Å². The van der Waals surface area contributed by atoms with Crippen LogP contribution >= 0.6 is 24.0 Å². The number of ether oxygens (including phenoxy) is 2. The van der Waals surface area contributed by atoms with Gasteiger partial charge in [0.25, 0.3) is 0 Å². The molecule has 1 unspecified atom stereocenters. The van der Waals surface area contributed by atoms with Gasteiger partial charge in [-0.15, -0.1) is 12.4 Å². The minimum atomic E-state index is -0.0576. The van der Waals surface area contributed by atoms with Crippen molar-refractivity contribution < 1.29 is 14.3 Å². The monoisotopic (exact) mass is 409 g/mol. The van der Waals surface area contributed by atoms with Gasteiger partial charge in [-0.1, -0.05) is 23.7 Å². The van der Waals surface area contributed by atoms with Crippen molar-refractivity contribution in [2.24, 2.45) is 0 Å². The molecule has 2 heterocycles. The second-order valence-corrected chi connectivity index (χ2v) is 6.80. The van der Waals surface area contributed by atoms with E-state index in [9.17, 15) is 4.79 Å². The Balaban J connectivity index is 0.00000210. The lowest BCUT2D eigenvalue weighted by Gasteiger charge is -2.36. The van der Waals surface area contributed by atoms with E-state index in [1.54, 1.807) is 12.1 Å². The molecule has 1 amide bonds. The van der Waals surface area contributed by atoms with E-state index in [1.807, 2.05) is 30.3 Å². The van der Waals surface area contributed by atoms with Crippen LogP contribution < -0.4 is 20.1 Å². The Hall–Kier alpha value is -1.99. The van der Waals surface area contributed by atoms with Crippen molar-refractivity contribution in [1.82, 2.24) is 10.2 Å². The van der Waals surface area contributed by atoms with Crippen LogP contribution in [0.15, 0.2) is 42.5 Å². The summed E-state index contributed by atoms with van der Waals surface area (Å²) in [5.74, 6) is 1.30. The van der Waals surface area contributed by atoms with Gasteiger partial charge >= 0.3 is 0 Å². The molecule has 8 heteroatoms. The molecule has 2 aromatic rings. The molecular weight excluding hydrogens is 389 g/mol.